The lowest BCUT2D eigenvalue weighted by Gasteiger charge is -2.10. The van der Waals surface area contributed by atoms with Crippen molar-refractivity contribution in [2.75, 3.05) is 0 Å². The molecule has 0 radical (unpaired) electrons. The van der Waals surface area contributed by atoms with Crippen molar-refractivity contribution in [3.05, 3.63) is 69.7 Å². The van der Waals surface area contributed by atoms with E-state index in [1.54, 1.807) is 6.07 Å². The first kappa shape index (κ1) is 15.7. The van der Waals surface area contributed by atoms with Crippen molar-refractivity contribution >= 4 is 39.2 Å². The standard InChI is InChI=1S/C16H15BrN2OS/c1-11-6-8-12(9-7-11)10-18-16(21)19-15(20)13-4-2-3-5-14(13)17/h2-9H,10H2,1H3,(H2,18,19,20,21). The van der Waals surface area contributed by atoms with E-state index in [-0.39, 0.29) is 5.91 Å². The van der Waals surface area contributed by atoms with E-state index in [1.807, 2.05) is 49.4 Å². The van der Waals surface area contributed by atoms with Crippen molar-refractivity contribution in [3.63, 3.8) is 0 Å². The first-order valence-electron chi connectivity index (χ1n) is 6.45. The van der Waals surface area contributed by atoms with Gasteiger partial charge in [0.25, 0.3) is 5.91 Å². The molecule has 1 amide bonds. The Bertz CT molecular complexity index is 656. The zero-order chi connectivity index (χ0) is 15.2. The van der Waals surface area contributed by atoms with Gasteiger partial charge in [-0.05, 0) is 52.8 Å². The summed E-state index contributed by atoms with van der Waals surface area (Å²) in [4.78, 5) is 12.1. The topological polar surface area (TPSA) is 41.1 Å². The van der Waals surface area contributed by atoms with Gasteiger partial charge >= 0.3 is 0 Å². The fourth-order valence-electron chi connectivity index (χ4n) is 1.75. The van der Waals surface area contributed by atoms with Crippen molar-refractivity contribution < 1.29 is 4.79 Å². The van der Waals surface area contributed by atoms with Crippen LogP contribution < -0.4 is 10.6 Å². The van der Waals surface area contributed by atoms with Gasteiger partial charge < -0.3 is 5.32 Å². The summed E-state index contributed by atoms with van der Waals surface area (Å²) in [5.41, 5.74) is 2.87. The number of halogens is 1. The van der Waals surface area contributed by atoms with Crippen LogP contribution in [0.15, 0.2) is 53.0 Å². The first-order valence-corrected chi connectivity index (χ1v) is 7.65. The van der Waals surface area contributed by atoms with E-state index in [1.165, 1.54) is 5.56 Å². The summed E-state index contributed by atoms with van der Waals surface area (Å²) in [6, 6.07) is 15.4. The zero-order valence-electron chi connectivity index (χ0n) is 11.5. The summed E-state index contributed by atoms with van der Waals surface area (Å²) in [5.74, 6) is -0.233. The average Bonchev–Trinajstić information content (AvgIpc) is 2.47. The molecule has 21 heavy (non-hydrogen) atoms. The second-order valence-electron chi connectivity index (χ2n) is 4.60. The monoisotopic (exact) mass is 362 g/mol. The number of amides is 1. The van der Waals surface area contributed by atoms with Crippen LogP contribution in [0.1, 0.15) is 21.5 Å². The van der Waals surface area contributed by atoms with Crippen LogP contribution in [-0.4, -0.2) is 11.0 Å². The van der Waals surface area contributed by atoms with Gasteiger partial charge in [-0.15, -0.1) is 0 Å². The van der Waals surface area contributed by atoms with Gasteiger partial charge in [-0.3, -0.25) is 10.1 Å². The van der Waals surface area contributed by atoms with Gasteiger partial charge in [0.15, 0.2) is 5.11 Å². The van der Waals surface area contributed by atoms with Crippen molar-refractivity contribution in [3.8, 4) is 0 Å². The largest absolute Gasteiger partial charge is 0.358 e. The van der Waals surface area contributed by atoms with Gasteiger partial charge in [0.1, 0.15) is 0 Å². The number of thiocarbonyl (C=S) groups is 1. The number of hydrogen-bond donors (Lipinski definition) is 2. The molecule has 0 aromatic heterocycles. The Morgan fingerprint density at radius 2 is 1.81 bits per heavy atom. The Hall–Kier alpha value is -1.72. The van der Waals surface area contributed by atoms with Gasteiger partial charge in [0.2, 0.25) is 0 Å². The molecular formula is C16H15BrN2OS. The highest BCUT2D eigenvalue weighted by atomic mass is 79.9. The van der Waals surface area contributed by atoms with Crippen LogP contribution in [0, 0.1) is 6.92 Å². The Morgan fingerprint density at radius 1 is 1.14 bits per heavy atom. The third kappa shape index (κ3) is 4.65. The maximum Gasteiger partial charge on any atom is 0.258 e. The molecule has 0 bridgehead atoms. The summed E-state index contributed by atoms with van der Waals surface area (Å²) in [6.45, 7) is 2.62. The van der Waals surface area contributed by atoms with Crippen LogP contribution in [0.4, 0.5) is 0 Å². The molecule has 5 heteroatoms. The molecule has 0 aliphatic carbocycles. The Labute approximate surface area is 137 Å². The minimum atomic E-state index is -0.233. The lowest BCUT2D eigenvalue weighted by Crippen LogP contribution is -2.38. The fraction of sp³-hybridized carbons (Fsp3) is 0.125. The van der Waals surface area contributed by atoms with Gasteiger partial charge in [0, 0.05) is 11.0 Å². The normalized spacial score (nSPS) is 10.0. The summed E-state index contributed by atoms with van der Waals surface area (Å²) in [6.07, 6.45) is 0. The summed E-state index contributed by atoms with van der Waals surface area (Å²) in [5, 5.41) is 6.01. The van der Waals surface area contributed by atoms with Crippen LogP contribution >= 0.6 is 28.1 Å². The predicted octanol–water partition coefficient (Wildman–Crippen LogP) is 3.56. The summed E-state index contributed by atoms with van der Waals surface area (Å²) in [7, 11) is 0. The predicted molar refractivity (Wildman–Crippen MR) is 92.2 cm³/mol. The zero-order valence-corrected chi connectivity index (χ0v) is 13.9. The number of aryl methyl sites for hydroxylation is 1. The number of hydrogen-bond acceptors (Lipinski definition) is 2. The van der Waals surface area contributed by atoms with Gasteiger partial charge in [-0.2, -0.15) is 0 Å². The van der Waals surface area contributed by atoms with Gasteiger partial charge in [0.05, 0.1) is 5.56 Å². The van der Waals surface area contributed by atoms with E-state index in [4.69, 9.17) is 12.2 Å². The molecule has 0 fully saturated rings. The maximum absolute atomic E-state index is 12.1. The van der Waals surface area contributed by atoms with Crippen LogP contribution in [-0.2, 0) is 6.54 Å². The number of carbonyl (C=O) groups excluding carboxylic acids is 1. The lowest BCUT2D eigenvalue weighted by atomic mass is 10.1. The molecule has 2 N–H and O–H groups in total. The first-order chi connectivity index (χ1) is 10.1. The summed E-state index contributed by atoms with van der Waals surface area (Å²) >= 11 is 8.48. The second-order valence-corrected chi connectivity index (χ2v) is 5.86. The molecular weight excluding hydrogens is 348 g/mol. The maximum atomic E-state index is 12.1. The van der Waals surface area contributed by atoms with E-state index < -0.39 is 0 Å². The van der Waals surface area contributed by atoms with Crippen LogP contribution in [0.2, 0.25) is 0 Å². The molecule has 2 aromatic carbocycles. The van der Waals surface area contributed by atoms with E-state index in [2.05, 4.69) is 26.6 Å². The van der Waals surface area contributed by atoms with E-state index in [0.717, 1.165) is 10.0 Å². The highest BCUT2D eigenvalue weighted by Crippen LogP contribution is 2.15. The minimum absolute atomic E-state index is 0.233. The van der Waals surface area contributed by atoms with Crippen LogP contribution in [0.3, 0.4) is 0 Å². The SMILES string of the molecule is Cc1ccc(CNC(=S)NC(=O)c2ccccc2Br)cc1. The molecule has 2 rings (SSSR count). The number of carbonyl (C=O) groups is 1. The lowest BCUT2D eigenvalue weighted by molar-refractivity contribution is 0.0976. The third-order valence-corrected chi connectivity index (χ3v) is 3.86. The molecule has 0 heterocycles. The van der Waals surface area contributed by atoms with Crippen molar-refractivity contribution in [1.82, 2.24) is 10.6 Å². The Kier molecular flexibility index (Phi) is 5.47. The molecule has 108 valence electrons. The smallest absolute Gasteiger partial charge is 0.258 e. The molecule has 0 unspecified atom stereocenters. The molecule has 0 atom stereocenters. The molecule has 3 nitrogen and oxygen atoms in total. The quantitative estimate of drug-likeness (QED) is 0.820. The molecule has 0 saturated carbocycles. The Balaban J connectivity index is 1.89. The fourth-order valence-corrected chi connectivity index (χ4v) is 2.38. The van der Waals surface area contributed by atoms with Crippen molar-refractivity contribution in [2.24, 2.45) is 0 Å². The molecule has 0 saturated heterocycles. The number of rotatable bonds is 3. The van der Waals surface area contributed by atoms with Crippen LogP contribution in [0.5, 0.6) is 0 Å². The second kappa shape index (κ2) is 7.33. The van der Waals surface area contributed by atoms with Crippen molar-refractivity contribution in [1.29, 1.82) is 0 Å². The molecule has 0 spiro atoms. The summed E-state index contributed by atoms with van der Waals surface area (Å²) < 4.78 is 0.740. The molecule has 0 aliphatic rings. The van der Waals surface area contributed by atoms with Crippen molar-refractivity contribution in [2.45, 2.75) is 13.5 Å². The highest BCUT2D eigenvalue weighted by Gasteiger charge is 2.10. The van der Waals surface area contributed by atoms with E-state index in [0.29, 0.717) is 17.2 Å². The van der Waals surface area contributed by atoms with Crippen LogP contribution in [0.25, 0.3) is 0 Å². The van der Waals surface area contributed by atoms with Gasteiger partial charge in [-0.25, -0.2) is 0 Å². The van der Waals surface area contributed by atoms with E-state index in [9.17, 15) is 4.79 Å². The highest BCUT2D eigenvalue weighted by molar-refractivity contribution is 9.10. The van der Waals surface area contributed by atoms with E-state index >= 15 is 0 Å². The number of benzene rings is 2. The molecule has 2 aromatic rings. The molecule has 0 aliphatic heterocycles. The minimum Gasteiger partial charge on any atom is -0.358 e. The Morgan fingerprint density at radius 3 is 2.48 bits per heavy atom. The average molecular weight is 363 g/mol. The third-order valence-electron chi connectivity index (χ3n) is 2.92. The van der Waals surface area contributed by atoms with Gasteiger partial charge in [-0.1, -0.05) is 42.0 Å². The number of nitrogens with one attached hydrogen (secondary N) is 2.